The third kappa shape index (κ3) is 2.41. The fraction of sp³-hybridized carbons (Fsp3) is 0.550. The van der Waals surface area contributed by atoms with Gasteiger partial charge in [0, 0.05) is 29.2 Å². The second-order valence-corrected chi connectivity index (χ2v) is 7.22. The number of esters is 1. The predicted molar refractivity (Wildman–Crippen MR) is 96.4 cm³/mol. The lowest BCUT2D eigenvalue weighted by molar-refractivity contribution is -0.148. The Labute approximate surface area is 148 Å². The van der Waals surface area contributed by atoms with Crippen molar-refractivity contribution in [3.05, 3.63) is 35.5 Å². The predicted octanol–water partition coefficient (Wildman–Crippen LogP) is 2.58. The van der Waals surface area contributed by atoms with Crippen molar-refractivity contribution < 1.29 is 14.6 Å². The number of carbonyl (C=O) groups excluding carboxylic acids is 1. The van der Waals surface area contributed by atoms with Crippen LogP contribution in [0.5, 0.6) is 0 Å². The molecule has 1 fully saturated rings. The number of ether oxygens (including phenoxy) is 1. The number of aliphatic hydroxyl groups excluding tert-OH is 1. The number of hydrogen-bond donors (Lipinski definition) is 2. The average Bonchev–Trinajstić information content (AvgIpc) is 2.97. The number of methoxy groups -OCH3 is 1. The fourth-order valence-corrected chi connectivity index (χ4v) is 5.03. The zero-order valence-electron chi connectivity index (χ0n) is 14.9. The molecule has 2 aromatic rings. The summed E-state index contributed by atoms with van der Waals surface area (Å²) in [5.41, 5.74) is 3.40. The highest BCUT2D eigenvalue weighted by Crippen LogP contribution is 2.49. The molecule has 0 saturated carbocycles. The third-order valence-electron chi connectivity index (χ3n) is 6.14. The minimum atomic E-state index is -0.277. The highest BCUT2D eigenvalue weighted by Gasteiger charge is 2.47. The van der Waals surface area contributed by atoms with Crippen molar-refractivity contribution in [1.82, 2.24) is 9.88 Å². The van der Waals surface area contributed by atoms with Crippen molar-refractivity contribution in [2.24, 2.45) is 11.8 Å². The summed E-state index contributed by atoms with van der Waals surface area (Å²) in [6.45, 7) is 3.23. The number of nitrogens with zero attached hydrogens (tertiary/aromatic N) is 1. The maximum atomic E-state index is 12.8. The molecule has 1 aromatic heterocycles. The zero-order chi connectivity index (χ0) is 17.6. The van der Waals surface area contributed by atoms with Crippen LogP contribution in [0.3, 0.4) is 0 Å². The molecule has 0 radical (unpaired) electrons. The van der Waals surface area contributed by atoms with Crippen molar-refractivity contribution >= 4 is 16.9 Å². The summed E-state index contributed by atoms with van der Waals surface area (Å²) in [7, 11) is 1.48. The van der Waals surface area contributed by atoms with Gasteiger partial charge >= 0.3 is 5.97 Å². The monoisotopic (exact) mass is 342 g/mol. The number of benzene rings is 1. The van der Waals surface area contributed by atoms with E-state index < -0.39 is 0 Å². The minimum Gasteiger partial charge on any atom is -0.467 e. The van der Waals surface area contributed by atoms with E-state index in [0.717, 1.165) is 41.5 Å². The molecular weight excluding hydrogens is 316 g/mol. The Morgan fingerprint density at radius 1 is 1.40 bits per heavy atom. The number of piperidine rings is 1. The number of carbonyl (C=O) groups is 1. The summed E-state index contributed by atoms with van der Waals surface area (Å²) in [5, 5.41) is 14.4. The number of aliphatic hydroxyl groups is 1. The van der Waals surface area contributed by atoms with Gasteiger partial charge in [-0.3, -0.25) is 0 Å². The van der Waals surface area contributed by atoms with Crippen molar-refractivity contribution in [2.75, 3.05) is 20.3 Å². The molecule has 2 aliphatic heterocycles. The Bertz CT molecular complexity index is 798. The van der Waals surface area contributed by atoms with Gasteiger partial charge in [0.05, 0.1) is 7.11 Å². The largest absolute Gasteiger partial charge is 0.467 e. The van der Waals surface area contributed by atoms with Crippen LogP contribution in [0, 0.1) is 11.8 Å². The number of rotatable bonds is 4. The van der Waals surface area contributed by atoms with E-state index >= 15 is 0 Å². The maximum absolute atomic E-state index is 12.8. The molecule has 134 valence electrons. The Balaban J connectivity index is 1.99. The van der Waals surface area contributed by atoms with Gasteiger partial charge in [0.2, 0.25) is 0 Å². The quantitative estimate of drug-likeness (QED) is 0.839. The topological polar surface area (TPSA) is 63.5 Å². The first-order valence-corrected chi connectivity index (χ1v) is 9.25. The van der Waals surface area contributed by atoms with Crippen LogP contribution in [0.25, 0.3) is 10.9 Å². The van der Waals surface area contributed by atoms with Crippen molar-refractivity contribution in [3.63, 3.8) is 0 Å². The van der Waals surface area contributed by atoms with E-state index in [1.807, 2.05) is 12.1 Å². The van der Waals surface area contributed by atoms with Crippen LogP contribution in [0.2, 0.25) is 0 Å². The molecule has 0 amide bonds. The van der Waals surface area contributed by atoms with Gasteiger partial charge in [0.1, 0.15) is 6.04 Å². The molecule has 5 heteroatoms. The van der Waals surface area contributed by atoms with E-state index in [0.29, 0.717) is 12.3 Å². The van der Waals surface area contributed by atoms with Crippen LogP contribution < -0.4 is 5.32 Å². The van der Waals surface area contributed by atoms with Gasteiger partial charge < -0.3 is 19.7 Å². The molecule has 1 aromatic carbocycles. The number of fused-ring (bicyclic) bond motifs is 6. The summed E-state index contributed by atoms with van der Waals surface area (Å²) in [6, 6.07) is 8.18. The molecule has 4 rings (SSSR count). The summed E-state index contributed by atoms with van der Waals surface area (Å²) < 4.78 is 7.43. The lowest BCUT2D eigenvalue weighted by atomic mass is 9.73. The Morgan fingerprint density at radius 3 is 2.92 bits per heavy atom. The molecule has 2 N–H and O–H groups in total. The van der Waals surface area contributed by atoms with Crippen LogP contribution in [-0.4, -0.2) is 35.9 Å². The van der Waals surface area contributed by atoms with E-state index in [1.165, 1.54) is 7.11 Å². The van der Waals surface area contributed by atoms with Gasteiger partial charge in [-0.25, -0.2) is 4.79 Å². The molecule has 1 unspecified atom stereocenters. The highest BCUT2D eigenvalue weighted by molar-refractivity contribution is 5.89. The molecular formula is C20H26N2O3. The van der Waals surface area contributed by atoms with E-state index in [9.17, 15) is 9.90 Å². The molecule has 25 heavy (non-hydrogen) atoms. The second kappa shape index (κ2) is 6.46. The van der Waals surface area contributed by atoms with E-state index in [2.05, 4.69) is 28.9 Å². The summed E-state index contributed by atoms with van der Waals surface area (Å²) >= 11 is 0. The van der Waals surface area contributed by atoms with Gasteiger partial charge in [-0.15, -0.1) is 0 Å². The lowest BCUT2D eigenvalue weighted by Gasteiger charge is -2.46. The second-order valence-electron chi connectivity index (χ2n) is 7.22. The third-order valence-corrected chi connectivity index (χ3v) is 6.14. The number of hydrogen-bond acceptors (Lipinski definition) is 4. The highest BCUT2D eigenvalue weighted by atomic mass is 16.5. The first-order valence-electron chi connectivity index (χ1n) is 9.25. The first-order chi connectivity index (χ1) is 12.2. The zero-order valence-corrected chi connectivity index (χ0v) is 14.9. The van der Waals surface area contributed by atoms with Crippen molar-refractivity contribution in [1.29, 1.82) is 0 Å². The van der Waals surface area contributed by atoms with E-state index in [-0.39, 0.29) is 30.6 Å². The number of aromatic nitrogens is 1. The van der Waals surface area contributed by atoms with Gasteiger partial charge in [-0.2, -0.15) is 0 Å². The smallest absolute Gasteiger partial charge is 0.329 e. The van der Waals surface area contributed by atoms with E-state index in [4.69, 9.17) is 4.74 Å². The van der Waals surface area contributed by atoms with Gasteiger partial charge in [0.15, 0.2) is 0 Å². The first kappa shape index (κ1) is 16.6. The van der Waals surface area contributed by atoms with Crippen LogP contribution in [0.4, 0.5) is 0 Å². The van der Waals surface area contributed by atoms with Crippen LogP contribution in [0.15, 0.2) is 24.3 Å². The summed E-state index contributed by atoms with van der Waals surface area (Å²) in [6.07, 6.45) is 2.61. The molecule has 4 atom stereocenters. The molecule has 2 aliphatic rings. The minimum absolute atomic E-state index is 0.109. The fourth-order valence-electron chi connectivity index (χ4n) is 5.03. The van der Waals surface area contributed by atoms with Gasteiger partial charge in [-0.1, -0.05) is 31.5 Å². The average molecular weight is 342 g/mol. The van der Waals surface area contributed by atoms with E-state index in [1.54, 1.807) is 0 Å². The standard InChI is InChI=1S/C20H26N2O3/c1-3-12-11-21-16-10-15(12)19(20(24)25-2)22-17-7-5-4-6-13(17)14(8-9-23)18(16)22/h4-7,12,15-16,19,21,23H,3,8-11H2,1-2H3/t12?,15-,16-,19+/m0/s1. The number of para-hydroxylation sites is 1. The summed E-state index contributed by atoms with van der Waals surface area (Å²) in [4.78, 5) is 12.8. The van der Waals surface area contributed by atoms with Crippen LogP contribution in [0.1, 0.15) is 43.1 Å². The molecule has 0 aliphatic carbocycles. The Kier molecular flexibility index (Phi) is 4.29. The number of nitrogens with one attached hydrogen (secondary N) is 1. The van der Waals surface area contributed by atoms with Gasteiger partial charge in [-0.05, 0) is 42.9 Å². The molecule has 3 heterocycles. The Hall–Kier alpha value is -1.85. The normalized spacial score (nSPS) is 28.0. The molecule has 5 nitrogen and oxygen atoms in total. The van der Waals surface area contributed by atoms with Crippen LogP contribution in [-0.2, 0) is 16.0 Å². The van der Waals surface area contributed by atoms with Crippen LogP contribution >= 0.6 is 0 Å². The SMILES string of the molecule is CCC1CN[C@H]2C[C@@H]1[C@H](C(=O)OC)n1c2c(CCO)c2ccccc21. The van der Waals surface area contributed by atoms with Crippen molar-refractivity contribution in [3.8, 4) is 0 Å². The summed E-state index contributed by atoms with van der Waals surface area (Å²) in [5.74, 6) is 0.603. The molecule has 1 saturated heterocycles. The maximum Gasteiger partial charge on any atom is 0.329 e. The van der Waals surface area contributed by atoms with Gasteiger partial charge in [0.25, 0.3) is 0 Å². The Morgan fingerprint density at radius 2 is 2.20 bits per heavy atom. The van der Waals surface area contributed by atoms with Crippen molar-refractivity contribution in [2.45, 2.75) is 38.3 Å². The lowest BCUT2D eigenvalue weighted by Crippen LogP contribution is -2.49. The molecule has 2 bridgehead atoms. The molecule has 0 spiro atoms.